The number of hydrogen-bond donors (Lipinski definition) is 0. The molecule has 0 amide bonds. The average Bonchev–Trinajstić information content (AvgIpc) is 2.73. The molecule has 28 heavy (non-hydrogen) atoms. The molecule has 4 nitrogen and oxygen atoms in total. The topological polar surface area (TPSA) is 64.1 Å². The quantitative estimate of drug-likeness (QED) is 0.554. The van der Waals surface area contributed by atoms with Gasteiger partial charge in [-0.1, -0.05) is 48.5 Å². The number of carbonyl (C=O) groups is 1. The highest BCUT2D eigenvalue weighted by molar-refractivity contribution is 7.91. The molecule has 2 aromatic carbocycles. The summed E-state index contributed by atoms with van der Waals surface area (Å²) in [6, 6.07) is 20.1. The standard InChI is InChI=1S/C23H23NO3S/c25-22(11-8-21-7-4-15-24-18-21)17-20-9-12-23(13-10-20)28(26,27)16-14-19-5-2-1-3-6-19/h1-7,9-10,12-13,15,18H,8,11,14,16-17H2. The van der Waals surface area contributed by atoms with E-state index in [1.165, 1.54) is 0 Å². The number of aryl methyl sites for hydroxylation is 2. The maximum Gasteiger partial charge on any atom is 0.178 e. The zero-order valence-corrected chi connectivity index (χ0v) is 16.4. The van der Waals surface area contributed by atoms with Gasteiger partial charge in [0.15, 0.2) is 9.84 Å². The largest absolute Gasteiger partial charge is 0.299 e. The molecule has 0 saturated heterocycles. The van der Waals surface area contributed by atoms with Crippen LogP contribution in [-0.4, -0.2) is 24.9 Å². The van der Waals surface area contributed by atoms with Crippen LogP contribution in [0.2, 0.25) is 0 Å². The second kappa shape index (κ2) is 9.42. The van der Waals surface area contributed by atoms with E-state index in [0.717, 1.165) is 16.7 Å². The summed E-state index contributed by atoms with van der Waals surface area (Å²) in [5.41, 5.74) is 2.87. The lowest BCUT2D eigenvalue weighted by atomic mass is 10.0. The first kappa shape index (κ1) is 20.0. The molecule has 0 bridgehead atoms. The Kier molecular flexibility index (Phi) is 6.71. The van der Waals surface area contributed by atoms with Gasteiger partial charge < -0.3 is 0 Å². The Hall–Kier alpha value is -2.79. The molecular weight excluding hydrogens is 370 g/mol. The van der Waals surface area contributed by atoms with Gasteiger partial charge in [0.05, 0.1) is 10.6 Å². The van der Waals surface area contributed by atoms with Crippen LogP contribution in [0.3, 0.4) is 0 Å². The van der Waals surface area contributed by atoms with Gasteiger partial charge in [0.25, 0.3) is 0 Å². The number of benzene rings is 2. The van der Waals surface area contributed by atoms with Crippen LogP contribution >= 0.6 is 0 Å². The molecule has 1 heterocycles. The van der Waals surface area contributed by atoms with Gasteiger partial charge in [-0.05, 0) is 47.7 Å². The monoisotopic (exact) mass is 393 g/mol. The van der Waals surface area contributed by atoms with Gasteiger partial charge in [-0.15, -0.1) is 0 Å². The summed E-state index contributed by atoms with van der Waals surface area (Å²) in [6.45, 7) is 0. The van der Waals surface area contributed by atoms with Crippen LogP contribution < -0.4 is 0 Å². The van der Waals surface area contributed by atoms with Gasteiger partial charge in [0.1, 0.15) is 5.78 Å². The Morgan fingerprint density at radius 3 is 2.18 bits per heavy atom. The van der Waals surface area contributed by atoms with Crippen molar-refractivity contribution in [2.45, 2.75) is 30.6 Å². The van der Waals surface area contributed by atoms with Crippen LogP contribution in [0, 0.1) is 0 Å². The molecule has 0 unspecified atom stereocenters. The van der Waals surface area contributed by atoms with Crippen molar-refractivity contribution in [3.05, 3.63) is 95.8 Å². The Morgan fingerprint density at radius 2 is 1.50 bits per heavy atom. The number of rotatable bonds is 9. The number of nitrogens with zero attached hydrogens (tertiary/aromatic N) is 1. The summed E-state index contributed by atoms with van der Waals surface area (Å²) < 4.78 is 25.1. The third-order valence-electron chi connectivity index (χ3n) is 4.60. The maximum atomic E-state index is 12.5. The van der Waals surface area contributed by atoms with Crippen molar-refractivity contribution >= 4 is 15.6 Å². The highest BCUT2D eigenvalue weighted by Crippen LogP contribution is 2.15. The molecule has 144 valence electrons. The van der Waals surface area contributed by atoms with E-state index in [9.17, 15) is 13.2 Å². The maximum absolute atomic E-state index is 12.5. The van der Waals surface area contributed by atoms with Crippen LogP contribution in [0.15, 0.2) is 84.0 Å². The first-order chi connectivity index (χ1) is 13.5. The number of sulfone groups is 1. The van der Waals surface area contributed by atoms with Crippen molar-refractivity contribution in [3.8, 4) is 0 Å². The summed E-state index contributed by atoms with van der Waals surface area (Å²) in [5, 5.41) is 0. The predicted octanol–water partition coefficient (Wildman–Crippen LogP) is 3.84. The van der Waals surface area contributed by atoms with Gasteiger partial charge in [-0.25, -0.2) is 8.42 Å². The average molecular weight is 394 g/mol. The smallest absolute Gasteiger partial charge is 0.178 e. The first-order valence-electron chi connectivity index (χ1n) is 9.29. The highest BCUT2D eigenvalue weighted by Gasteiger charge is 2.15. The summed E-state index contributed by atoms with van der Waals surface area (Å²) >= 11 is 0. The molecular formula is C23H23NO3S. The summed E-state index contributed by atoms with van der Waals surface area (Å²) in [4.78, 5) is 16.5. The van der Waals surface area contributed by atoms with E-state index in [4.69, 9.17) is 0 Å². The molecule has 0 spiro atoms. The number of aromatic nitrogens is 1. The minimum atomic E-state index is -3.34. The van der Waals surface area contributed by atoms with Gasteiger partial charge in [-0.3, -0.25) is 9.78 Å². The molecule has 0 fully saturated rings. The van der Waals surface area contributed by atoms with Crippen molar-refractivity contribution in [2.24, 2.45) is 0 Å². The molecule has 0 N–H and O–H groups in total. The van der Waals surface area contributed by atoms with Crippen LogP contribution in [0.5, 0.6) is 0 Å². The van der Waals surface area contributed by atoms with E-state index < -0.39 is 9.84 Å². The second-order valence-electron chi connectivity index (χ2n) is 6.78. The molecule has 0 atom stereocenters. The summed E-state index contributed by atoms with van der Waals surface area (Å²) in [6.07, 6.45) is 5.38. The highest BCUT2D eigenvalue weighted by atomic mass is 32.2. The molecule has 0 saturated carbocycles. The zero-order chi connectivity index (χ0) is 19.8. The van der Waals surface area contributed by atoms with E-state index in [1.54, 1.807) is 36.7 Å². The SMILES string of the molecule is O=C(CCc1cccnc1)Cc1ccc(S(=O)(=O)CCc2ccccc2)cc1. The molecule has 3 aromatic rings. The minimum absolute atomic E-state index is 0.0698. The molecule has 1 aromatic heterocycles. The molecule has 0 aliphatic heterocycles. The van der Waals surface area contributed by atoms with E-state index in [1.807, 2.05) is 42.5 Å². The number of hydrogen-bond acceptors (Lipinski definition) is 4. The van der Waals surface area contributed by atoms with Crippen LogP contribution in [-0.2, 0) is 33.9 Å². The van der Waals surface area contributed by atoms with Crippen LogP contribution in [0.25, 0.3) is 0 Å². The number of ketones is 1. The lowest BCUT2D eigenvalue weighted by Crippen LogP contribution is -2.10. The fourth-order valence-corrected chi connectivity index (χ4v) is 4.27. The van der Waals surface area contributed by atoms with Gasteiger partial charge >= 0.3 is 0 Å². The zero-order valence-electron chi connectivity index (χ0n) is 15.6. The Morgan fingerprint density at radius 1 is 0.786 bits per heavy atom. The minimum Gasteiger partial charge on any atom is -0.299 e. The van der Waals surface area contributed by atoms with Crippen LogP contribution in [0.1, 0.15) is 23.1 Å². The summed E-state index contributed by atoms with van der Waals surface area (Å²) in [5.74, 6) is 0.198. The van der Waals surface area contributed by atoms with Gasteiger partial charge in [0.2, 0.25) is 0 Å². The lowest BCUT2D eigenvalue weighted by molar-refractivity contribution is -0.118. The Bertz CT molecular complexity index is 999. The molecule has 5 heteroatoms. The normalized spacial score (nSPS) is 11.3. The van der Waals surface area contributed by atoms with E-state index in [-0.39, 0.29) is 11.5 Å². The van der Waals surface area contributed by atoms with Gasteiger partial charge in [0, 0.05) is 25.2 Å². The Balaban J connectivity index is 1.54. The van der Waals surface area contributed by atoms with E-state index in [2.05, 4.69) is 4.98 Å². The van der Waals surface area contributed by atoms with Crippen molar-refractivity contribution in [3.63, 3.8) is 0 Å². The first-order valence-corrected chi connectivity index (χ1v) is 10.9. The second-order valence-corrected chi connectivity index (χ2v) is 8.88. The predicted molar refractivity (Wildman–Crippen MR) is 110 cm³/mol. The van der Waals surface area contributed by atoms with E-state index >= 15 is 0 Å². The number of Topliss-reactive ketones (excluding diaryl/α,β-unsaturated/α-hetero) is 1. The lowest BCUT2D eigenvalue weighted by Gasteiger charge is -2.07. The van der Waals surface area contributed by atoms with Crippen molar-refractivity contribution < 1.29 is 13.2 Å². The van der Waals surface area contributed by atoms with Crippen molar-refractivity contribution in [1.29, 1.82) is 0 Å². The van der Waals surface area contributed by atoms with Gasteiger partial charge in [-0.2, -0.15) is 0 Å². The van der Waals surface area contributed by atoms with E-state index in [0.29, 0.717) is 30.6 Å². The van der Waals surface area contributed by atoms with Crippen LogP contribution in [0.4, 0.5) is 0 Å². The molecule has 0 radical (unpaired) electrons. The van der Waals surface area contributed by atoms with Crippen molar-refractivity contribution in [2.75, 3.05) is 5.75 Å². The van der Waals surface area contributed by atoms with Crippen molar-refractivity contribution in [1.82, 2.24) is 4.98 Å². The molecule has 0 aliphatic rings. The number of carbonyl (C=O) groups excluding carboxylic acids is 1. The molecule has 3 rings (SSSR count). The number of pyridine rings is 1. The third-order valence-corrected chi connectivity index (χ3v) is 6.33. The fraction of sp³-hybridized carbons (Fsp3) is 0.217. The summed E-state index contributed by atoms with van der Waals surface area (Å²) in [7, 11) is -3.34. The Labute approximate surface area is 166 Å². The third kappa shape index (κ3) is 5.86. The fourth-order valence-electron chi connectivity index (χ4n) is 2.98. The molecule has 0 aliphatic carbocycles.